The number of ether oxygens (including phenoxy) is 2. The normalized spacial score (nSPS) is 17.5. The van der Waals surface area contributed by atoms with Crippen molar-refractivity contribution in [2.24, 2.45) is 0 Å². The van der Waals surface area contributed by atoms with Crippen LogP contribution in [0.3, 0.4) is 0 Å². The van der Waals surface area contributed by atoms with Crippen molar-refractivity contribution >= 4 is 29.1 Å². The molecule has 7 nitrogen and oxygen atoms in total. The van der Waals surface area contributed by atoms with Crippen molar-refractivity contribution in [1.82, 2.24) is 4.90 Å². The fourth-order valence-electron chi connectivity index (χ4n) is 3.80. The van der Waals surface area contributed by atoms with E-state index < -0.39 is 17.7 Å². The van der Waals surface area contributed by atoms with Crippen LogP contribution >= 0.6 is 11.6 Å². The van der Waals surface area contributed by atoms with Gasteiger partial charge in [-0.25, -0.2) is 0 Å². The molecule has 1 fully saturated rings. The van der Waals surface area contributed by atoms with Crippen molar-refractivity contribution in [2.75, 3.05) is 26.4 Å². The number of hydrogen-bond acceptors (Lipinski definition) is 6. The molecule has 1 aliphatic rings. The Morgan fingerprint density at radius 3 is 2.61 bits per heavy atom. The van der Waals surface area contributed by atoms with Crippen molar-refractivity contribution in [3.8, 4) is 11.5 Å². The molecule has 1 saturated heterocycles. The standard InChI is InChI=1S/C25H28ClNO6/c1-3-5-11-27-22(16-7-6-8-18(14-16)33-13-12-28)21(24(30)25(27)31)23(29)17-9-10-19(26)20(15-17)32-4-2/h6-10,14-15,22,28-29H,3-5,11-13H2,1-2H3/b23-21-. The number of halogens is 1. The Morgan fingerprint density at radius 2 is 1.91 bits per heavy atom. The number of aliphatic hydroxyl groups excluding tert-OH is 2. The molecule has 2 aromatic carbocycles. The van der Waals surface area contributed by atoms with Gasteiger partial charge in [-0.3, -0.25) is 9.59 Å². The highest BCUT2D eigenvalue weighted by atomic mass is 35.5. The molecule has 2 aromatic rings. The molecule has 0 spiro atoms. The van der Waals surface area contributed by atoms with Gasteiger partial charge in [-0.2, -0.15) is 0 Å². The van der Waals surface area contributed by atoms with E-state index in [-0.39, 0.29) is 24.5 Å². The third-order valence-corrected chi connectivity index (χ3v) is 5.64. The smallest absolute Gasteiger partial charge is 0.295 e. The molecule has 0 aliphatic carbocycles. The van der Waals surface area contributed by atoms with Crippen LogP contribution in [0.5, 0.6) is 11.5 Å². The molecule has 1 heterocycles. The first-order valence-corrected chi connectivity index (χ1v) is 11.3. The van der Waals surface area contributed by atoms with Crippen LogP contribution in [0.25, 0.3) is 5.76 Å². The molecule has 1 atom stereocenters. The molecule has 3 rings (SSSR count). The first-order valence-electron chi connectivity index (χ1n) is 11.0. The van der Waals surface area contributed by atoms with Crippen molar-refractivity contribution in [2.45, 2.75) is 32.7 Å². The second-order valence-electron chi connectivity index (χ2n) is 7.57. The fourth-order valence-corrected chi connectivity index (χ4v) is 3.97. The molecule has 0 aromatic heterocycles. The van der Waals surface area contributed by atoms with E-state index in [9.17, 15) is 14.7 Å². The number of hydrogen-bond donors (Lipinski definition) is 2. The predicted octanol–water partition coefficient (Wildman–Crippen LogP) is 4.33. The first-order chi connectivity index (χ1) is 15.9. The lowest BCUT2D eigenvalue weighted by Crippen LogP contribution is -2.30. The van der Waals surface area contributed by atoms with E-state index in [2.05, 4.69) is 0 Å². The summed E-state index contributed by atoms with van der Waals surface area (Å²) in [5.74, 6) is -0.831. The van der Waals surface area contributed by atoms with E-state index in [0.29, 0.717) is 47.2 Å². The van der Waals surface area contributed by atoms with Gasteiger partial charge in [0.2, 0.25) is 0 Å². The summed E-state index contributed by atoms with van der Waals surface area (Å²) >= 11 is 6.17. The lowest BCUT2D eigenvalue weighted by molar-refractivity contribution is -0.139. The van der Waals surface area contributed by atoms with Crippen LogP contribution < -0.4 is 9.47 Å². The summed E-state index contributed by atoms with van der Waals surface area (Å²) in [5.41, 5.74) is 0.954. The van der Waals surface area contributed by atoms with Crippen molar-refractivity contribution in [3.05, 3.63) is 64.2 Å². The third kappa shape index (κ3) is 5.31. The molecular weight excluding hydrogens is 446 g/mol. The van der Waals surface area contributed by atoms with Gasteiger partial charge in [-0.05, 0) is 49.2 Å². The molecule has 1 unspecified atom stereocenters. The number of ketones is 1. The van der Waals surface area contributed by atoms with E-state index in [1.165, 1.54) is 4.90 Å². The SMILES string of the molecule is CCCCN1C(=O)C(=O)/C(=C(\O)c2ccc(Cl)c(OCC)c2)C1c1cccc(OCCO)c1. The summed E-state index contributed by atoms with van der Waals surface area (Å²) in [6.45, 7) is 4.54. The molecule has 0 saturated carbocycles. The van der Waals surface area contributed by atoms with Crippen LogP contribution in [0.4, 0.5) is 0 Å². The zero-order chi connectivity index (χ0) is 24.0. The number of likely N-dealkylation sites (tertiary alicyclic amines) is 1. The number of unbranched alkanes of at least 4 members (excludes halogenated alkanes) is 1. The molecule has 1 amide bonds. The summed E-state index contributed by atoms with van der Waals surface area (Å²) in [7, 11) is 0. The fraction of sp³-hybridized carbons (Fsp3) is 0.360. The number of aliphatic hydroxyl groups is 2. The van der Waals surface area contributed by atoms with E-state index in [1.807, 2.05) is 13.8 Å². The number of carbonyl (C=O) groups excluding carboxylic acids is 2. The monoisotopic (exact) mass is 473 g/mol. The molecular formula is C25H28ClNO6. The molecule has 0 bridgehead atoms. The summed E-state index contributed by atoms with van der Waals surface area (Å²) in [5, 5.41) is 20.6. The summed E-state index contributed by atoms with van der Waals surface area (Å²) in [6, 6.07) is 10.9. The second kappa shape index (κ2) is 11.2. The molecule has 33 heavy (non-hydrogen) atoms. The van der Waals surface area contributed by atoms with Gasteiger partial charge < -0.3 is 24.6 Å². The van der Waals surface area contributed by atoms with Crippen molar-refractivity contribution < 1.29 is 29.3 Å². The van der Waals surface area contributed by atoms with Gasteiger partial charge in [0.25, 0.3) is 11.7 Å². The van der Waals surface area contributed by atoms with E-state index in [0.717, 1.165) is 6.42 Å². The van der Waals surface area contributed by atoms with Crippen LogP contribution in [-0.2, 0) is 9.59 Å². The molecule has 0 radical (unpaired) electrons. The Balaban J connectivity index is 2.14. The summed E-state index contributed by atoms with van der Waals surface area (Å²) < 4.78 is 11.0. The van der Waals surface area contributed by atoms with Crippen molar-refractivity contribution in [3.63, 3.8) is 0 Å². The Bertz CT molecular complexity index is 1050. The maximum absolute atomic E-state index is 13.1. The summed E-state index contributed by atoms with van der Waals surface area (Å²) in [6.07, 6.45) is 1.55. The van der Waals surface area contributed by atoms with Gasteiger partial charge in [-0.15, -0.1) is 0 Å². The average Bonchev–Trinajstić information content (AvgIpc) is 3.07. The molecule has 176 valence electrons. The molecule has 1 aliphatic heterocycles. The quantitative estimate of drug-likeness (QED) is 0.303. The van der Waals surface area contributed by atoms with Crippen LogP contribution in [-0.4, -0.2) is 53.2 Å². The molecule has 8 heteroatoms. The Kier molecular flexibility index (Phi) is 8.36. The Labute approximate surface area is 198 Å². The predicted molar refractivity (Wildman–Crippen MR) is 126 cm³/mol. The lowest BCUT2D eigenvalue weighted by atomic mass is 9.95. The van der Waals surface area contributed by atoms with Crippen molar-refractivity contribution in [1.29, 1.82) is 0 Å². The van der Waals surface area contributed by atoms with Crippen LogP contribution in [0.2, 0.25) is 5.02 Å². The minimum absolute atomic E-state index is 0.000169. The number of carbonyl (C=O) groups is 2. The van der Waals surface area contributed by atoms with Crippen LogP contribution in [0.15, 0.2) is 48.0 Å². The van der Waals surface area contributed by atoms with E-state index in [4.69, 9.17) is 26.2 Å². The Morgan fingerprint density at radius 1 is 1.12 bits per heavy atom. The average molecular weight is 474 g/mol. The highest BCUT2D eigenvalue weighted by molar-refractivity contribution is 6.46. The largest absolute Gasteiger partial charge is 0.507 e. The number of nitrogens with zero attached hydrogens (tertiary/aromatic N) is 1. The minimum atomic E-state index is -0.777. The minimum Gasteiger partial charge on any atom is -0.507 e. The van der Waals surface area contributed by atoms with Crippen LogP contribution in [0, 0.1) is 0 Å². The van der Waals surface area contributed by atoms with Gasteiger partial charge >= 0.3 is 0 Å². The number of amides is 1. The highest BCUT2D eigenvalue weighted by Crippen LogP contribution is 2.41. The maximum atomic E-state index is 13.1. The molecule has 2 N–H and O–H groups in total. The van der Waals surface area contributed by atoms with E-state index >= 15 is 0 Å². The second-order valence-corrected chi connectivity index (χ2v) is 7.98. The highest BCUT2D eigenvalue weighted by Gasteiger charge is 2.45. The number of Topliss-reactive ketones (excluding diaryl/α,β-unsaturated/α-hetero) is 1. The van der Waals surface area contributed by atoms with Gasteiger partial charge in [0, 0.05) is 12.1 Å². The third-order valence-electron chi connectivity index (χ3n) is 5.33. The van der Waals surface area contributed by atoms with E-state index in [1.54, 1.807) is 42.5 Å². The number of benzene rings is 2. The van der Waals surface area contributed by atoms with Gasteiger partial charge in [0.05, 0.1) is 29.9 Å². The van der Waals surface area contributed by atoms with Crippen LogP contribution in [0.1, 0.15) is 43.9 Å². The first kappa shape index (κ1) is 24.6. The number of rotatable bonds is 10. The maximum Gasteiger partial charge on any atom is 0.295 e. The lowest BCUT2D eigenvalue weighted by Gasteiger charge is -2.25. The zero-order valence-electron chi connectivity index (χ0n) is 18.7. The topological polar surface area (TPSA) is 96.3 Å². The zero-order valence-corrected chi connectivity index (χ0v) is 19.5. The van der Waals surface area contributed by atoms with Gasteiger partial charge in [0.15, 0.2) is 0 Å². The Hall–Kier alpha value is -3.03. The summed E-state index contributed by atoms with van der Waals surface area (Å²) in [4.78, 5) is 27.5. The van der Waals surface area contributed by atoms with Gasteiger partial charge in [0.1, 0.15) is 23.9 Å². The van der Waals surface area contributed by atoms with Gasteiger partial charge in [-0.1, -0.05) is 37.1 Å².